The lowest BCUT2D eigenvalue weighted by Gasteiger charge is -2.33. The van der Waals surface area contributed by atoms with Gasteiger partial charge in [0.2, 0.25) is 5.91 Å². The molecular weight excluding hydrogens is 338 g/mol. The first-order chi connectivity index (χ1) is 12.5. The molecule has 140 valence electrons. The average Bonchev–Trinajstić information content (AvgIpc) is 2.63. The third-order valence-electron chi connectivity index (χ3n) is 4.54. The molecule has 3 N–H and O–H groups in total. The first-order valence-electron chi connectivity index (χ1n) is 8.78. The predicted octanol–water partition coefficient (Wildman–Crippen LogP) is -0.0794. The van der Waals surface area contributed by atoms with E-state index in [-0.39, 0.29) is 31.6 Å². The van der Waals surface area contributed by atoms with Gasteiger partial charge in [-0.25, -0.2) is 9.78 Å². The van der Waals surface area contributed by atoms with E-state index >= 15 is 0 Å². The van der Waals surface area contributed by atoms with Crippen molar-refractivity contribution >= 4 is 23.7 Å². The summed E-state index contributed by atoms with van der Waals surface area (Å²) in [6.07, 6.45) is 2.75. The van der Waals surface area contributed by atoms with Gasteiger partial charge in [0.25, 0.3) is 0 Å². The Morgan fingerprint density at radius 1 is 1.31 bits per heavy atom. The minimum atomic E-state index is -1.05. The van der Waals surface area contributed by atoms with Crippen molar-refractivity contribution in [2.45, 2.75) is 19.3 Å². The van der Waals surface area contributed by atoms with Gasteiger partial charge in [0.15, 0.2) is 0 Å². The zero-order chi connectivity index (χ0) is 18.5. The lowest BCUT2D eigenvalue weighted by Crippen LogP contribution is -2.55. The van der Waals surface area contributed by atoms with Crippen LogP contribution in [-0.2, 0) is 22.4 Å². The Morgan fingerprint density at radius 3 is 2.92 bits per heavy atom. The molecule has 0 spiro atoms. The summed E-state index contributed by atoms with van der Waals surface area (Å²) >= 11 is 0. The van der Waals surface area contributed by atoms with Crippen molar-refractivity contribution < 1.29 is 19.5 Å². The van der Waals surface area contributed by atoms with Gasteiger partial charge >= 0.3 is 12.0 Å². The van der Waals surface area contributed by atoms with E-state index in [1.807, 2.05) is 6.07 Å². The monoisotopic (exact) mass is 361 g/mol. The molecule has 9 nitrogen and oxygen atoms in total. The van der Waals surface area contributed by atoms with Crippen LogP contribution in [0.5, 0.6) is 0 Å². The van der Waals surface area contributed by atoms with Crippen molar-refractivity contribution in [3.05, 3.63) is 23.4 Å². The fraction of sp³-hybridized carbons (Fsp3) is 0.529. The Balaban J connectivity index is 1.44. The molecule has 0 saturated carbocycles. The molecule has 3 rings (SSSR count). The zero-order valence-electron chi connectivity index (χ0n) is 14.5. The van der Waals surface area contributed by atoms with Crippen molar-refractivity contribution in [2.75, 3.05) is 44.6 Å². The van der Waals surface area contributed by atoms with Crippen molar-refractivity contribution in [2.24, 2.45) is 0 Å². The number of carboxylic acids is 1. The number of nitrogens with one attached hydrogen (secondary N) is 2. The van der Waals surface area contributed by atoms with Gasteiger partial charge < -0.3 is 25.5 Å². The van der Waals surface area contributed by atoms with Crippen LogP contribution >= 0.6 is 0 Å². The fourth-order valence-electron chi connectivity index (χ4n) is 3.13. The molecule has 3 amide bonds. The third kappa shape index (κ3) is 4.41. The van der Waals surface area contributed by atoms with Gasteiger partial charge in [-0.15, -0.1) is 0 Å². The van der Waals surface area contributed by atoms with E-state index in [2.05, 4.69) is 21.7 Å². The van der Waals surface area contributed by atoms with Crippen molar-refractivity contribution in [1.82, 2.24) is 20.1 Å². The smallest absolute Gasteiger partial charge is 0.323 e. The van der Waals surface area contributed by atoms with Gasteiger partial charge in [0.05, 0.1) is 0 Å². The number of aromatic nitrogens is 1. The lowest BCUT2D eigenvalue weighted by molar-refractivity contribution is -0.146. The summed E-state index contributed by atoms with van der Waals surface area (Å²) in [5, 5.41) is 14.8. The normalized spacial score (nSPS) is 16.7. The van der Waals surface area contributed by atoms with Crippen LogP contribution in [0.3, 0.4) is 0 Å². The molecule has 2 aliphatic rings. The standard InChI is InChI=1S/C17H23N5O4/c23-14-10-22(9-8-21(14)11-15(24)25)17(26)19-7-5-13-4-3-12-2-1-6-18-16(12)20-13/h3-4H,1-2,5-11H2,(H,18,20)(H,19,26)(H,24,25). The van der Waals surface area contributed by atoms with E-state index < -0.39 is 5.97 Å². The number of anilines is 1. The van der Waals surface area contributed by atoms with Crippen LogP contribution in [-0.4, -0.2) is 77.1 Å². The highest BCUT2D eigenvalue weighted by Crippen LogP contribution is 2.19. The number of pyridine rings is 1. The zero-order valence-corrected chi connectivity index (χ0v) is 14.5. The summed E-state index contributed by atoms with van der Waals surface area (Å²) in [4.78, 5) is 42.0. The Labute approximate surface area is 151 Å². The maximum atomic E-state index is 12.2. The second-order valence-corrected chi connectivity index (χ2v) is 6.45. The SMILES string of the molecule is O=C(O)CN1CCN(C(=O)NCCc2ccc3c(n2)NCCC3)CC1=O. The minimum Gasteiger partial charge on any atom is -0.480 e. The average molecular weight is 361 g/mol. The molecule has 0 unspecified atom stereocenters. The van der Waals surface area contributed by atoms with E-state index in [0.717, 1.165) is 30.9 Å². The van der Waals surface area contributed by atoms with E-state index in [0.29, 0.717) is 19.5 Å². The fourth-order valence-corrected chi connectivity index (χ4v) is 3.13. The summed E-state index contributed by atoms with van der Waals surface area (Å²) in [5.74, 6) is -0.472. The maximum absolute atomic E-state index is 12.2. The summed E-state index contributed by atoms with van der Waals surface area (Å²) < 4.78 is 0. The predicted molar refractivity (Wildman–Crippen MR) is 93.9 cm³/mol. The number of aliphatic carboxylic acids is 1. The van der Waals surface area contributed by atoms with Crippen LogP contribution in [0.15, 0.2) is 12.1 Å². The molecule has 1 fully saturated rings. The largest absolute Gasteiger partial charge is 0.480 e. The highest BCUT2D eigenvalue weighted by molar-refractivity contribution is 5.87. The Morgan fingerprint density at radius 2 is 2.15 bits per heavy atom. The number of hydrogen-bond donors (Lipinski definition) is 3. The second-order valence-electron chi connectivity index (χ2n) is 6.45. The molecule has 2 aliphatic heterocycles. The molecule has 9 heteroatoms. The highest BCUT2D eigenvalue weighted by Gasteiger charge is 2.28. The first-order valence-corrected chi connectivity index (χ1v) is 8.78. The molecule has 0 radical (unpaired) electrons. The number of rotatable bonds is 5. The van der Waals surface area contributed by atoms with Gasteiger partial charge in [-0.1, -0.05) is 6.07 Å². The number of nitrogens with zero attached hydrogens (tertiary/aromatic N) is 3. The maximum Gasteiger partial charge on any atom is 0.323 e. The number of amides is 3. The van der Waals surface area contributed by atoms with Crippen LogP contribution in [0.25, 0.3) is 0 Å². The molecule has 0 atom stereocenters. The van der Waals surface area contributed by atoms with E-state index in [1.54, 1.807) is 0 Å². The minimum absolute atomic E-state index is 0.0971. The number of fused-ring (bicyclic) bond motifs is 1. The Bertz CT molecular complexity index is 708. The van der Waals surface area contributed by atoms with E-state index in [9.17, 15) is 14.4 Å². The number of aryl methyl sites for hydroxylation is 1. The highest BCUT2D eigenvalue weighted by atomic mass is 16.4. The number of carbonyl (C=O) groups excluding carboxylic acids is 2. The van der Waals surface area contributed by atoms with Gasteiger partial charge in [-0.05, 0) is 24.5 Å². The Hall–Kier alpha value is -2.84. The molecule has 26 heavy (non-hydrogen) atoms. The summed E-state index contributed by atoms with van der Waals surface area (Å²) in [7, 11) is 0. The van der Waals surface area contributed by atoms with Crippen LogP contribution in [0.4, 0.5) is 10.6 Å². The topological polar surface area (TPSA) is 115 Å². The number of hydrogen-bond acceptors (Lipinski definition) is 5. The van der Waals surface area contributed by atoms with Crippen LogP contribution < -0.4 is 10.6 Å². The van der Waals surface area contributed by atoms with Crippen molar-refractivity contribution in [3.8, 4) is 0 Å². The summed E-state index contributed by atoms with van der Waals surface area (Å²) in [6.45, 7) is 1.49. The number of urea groups is 1. The van der Waals surface area contributed by atoms with Crippen LogP contribution in [0.2, 0.25) is 0 Å². The number of carboxylic acid groups (broad SMARTS) is 1. The molecule has 1 saturated heterocycles. The van der Waals surface area contributed by atoms with Gasteiger partial charge in [-0.3, -0.25) is 9.59 Å². The van der Waals surface area contributed by atoms with Gasteiger partial charge in [-0.2, -0.15) is 0 Å². The quantitative estimate of drug-likeness (QED) is 0.676. The molecule has 0 aliphatic carbocycles. The number of piperazine rings is 1. The van der Waals surface area contributed by atoms with Gasteiger partial charge in [0, 0.05) is 38.3 Å². The molecule has 1 aromatic heterocycles. The molecular formula is C17H23N5O4. The van der Waals surface area contributed by atoms with Crippen molar-refractivity contribution in [1.29, 1.82) is 0 Å². The second kappa shape index (κ2) is 8.03. The first kappa shape index (κ1) is 18.0. The number of carbonyl (C=O) groups is 3. The van der Waals surface area contributed by atoms with E-state index in [4.69, 9.17) is 5.11 Å². The summed E-state index contributed by atoms with van der Waals surface area (Å²) in [5.41, 5.74) is 2.13. The van der Waals surface area contributed by atoms with Crippen molar-refractivity contribution in [3.63, 3.8) is 0 Å². The molecule has 0 aromatic carbocycles. The van der Waals surface area contributed by atoms with E-state index in [1.165, 1.54) is 15.4 Å². The molecule has 0 bridgehead atoms. The molecule has 3 heterocycles. The lowest BCUT2D eigenvalue weighted by atomic mass is 10.1. The molecule has 1 aromatic rings. The Kier molecular flexibility index (Phi) is 5.55. The summed E-state index contributed by atoms with van der Waals surface area (Å²) in [6, 6.07) is 3.74. The third-order valence-corrected chi connectivity index (χ3v) is 4.54. The van der Waals surface area contributed by atoms with Crippen LogP contribution in [0.1, 0.15) is 17.7 Å². The van der Waals surface area contributed by atoms with Crippen LogP contribution in [0, 0.1) is 0 Å². The van der Waals surface area contributed by atoms with Gasteiger partial charge in [0.1, 0.15) is 18.9 Å².